The van der Waals surface area contributed by atoms with Crippen molar-refractivity contribution in [2.75, 3.05) is 19.1 Å². The van der Waals surface area contributed by atoms with Crippen molar-refractivity contribution in [2.24, 2.45) is 0 Å². The Morgan fingerprint density at radius 2 is 1.87 bits per heavy atom. The summed E-state index contributed by atoms with van der Waals surface area (Å²) in [6, 6.07) is -0.994. The number of carbonyl (C=O) groups is 2. The van der Waals surface area contributed by atoms with E-state index in [1.165, 1.54) is 12.5 Å². The second-order valence-corrected chi connectivity index (χ2v) is 9.24. The highest BCUT2D eigenvalue weighted by atomic mass is 32.2. The third kappa shape index (κ3) is 11.6. The summed E-state index contributed by atoms with van der Waals surface area (Å²) in [7, 11) is -2.30. The van der Waals surface area contributed by atoms with Gasteiger partial charge in [0.15, 0.2) is 0 Å². The van der Waals surface area contributed by atoms with Crippen LogP contribution in [0.25, 0.3) is 0 Å². The SMILES string of the molecule is CCOC(=O)C(CC/C([O-])=C/[S+](C)(C)=O)NC(=O)OC(C)(C)C. The van der Waals surface area contributed by atoms with Gasteiger partial charge in [0.1, 0.15) is 39.5 Å². The summed E-state index contributed by atoms with van der Waals surface area (Å²) >= 11 is 0. The zero-order valence-electron chi connectivity index (χ0n) is 14.6. The first kappa shape index (κ1) is 21.4. The fraction of sp³-hybridized carbons (Fsp3) is 0.733. The number of esters is 1. The molecule has 0 radical (unpaired) electrons. The van der Waals surface area contributed by atoms with Crippen LogP contribution in [0.3, 0.4) is 0 Å². The minimum absolute atomic E-state index is 0.0298. The molecule has 0 aliphatic carbocycles. The van der Waals surface area contributed by atoms with Gasteiger partial charge in [-0.15, -0.1) is 4.21 Å². The first-order valence-electron chi connectivity index (χ1n) is 7.32. The van der Waals surface area contributed by atoms with Crippen LogP contribution in [0.1, 0.15) is 40.5 Å². The molecule has 134 valence electrons. The lowest BCUT2D eigenvalue weighted by atomic mass is 10.1. The van der Waals surface area contributed by atoms with Gasteiger partial charge < -0.3 is 19.9 Å². The van der Waals surface area contributed by atoms with E-state index in [2.05, 4.69) is 5.32 Å². The van der Waals surface area contributed by atoms with Crippen molar-refractivity contribution in [3.63, 3.8) is 0 Å². The van der Waals surface area contributed by atoms with Gasteiger partial charge >= 0.3 is 12.1 Å². The molecule has 0 saturated carbocycles. The van der Waals surface area contributed by atoms with Crippen molar-refractivity contribution in [2.45, 2.75) is 52.2 Å². The molecular weight excluding hydrogens is 322 g/mol. The Balaban J connectivity index is 4.83. The molecule has 0 bridgehead atoms. The van der Waals surface area contributed by atoms with Crippen LogP contribution < -0.4 is 10.4 Å². The van der Waals surface area contributed by atoms with Crippen molar-refractivity contribution in [1.82, 2.24) is 5.32 Å². The van der Waals surface area contributed by atoms with Crippen LogP contribution in [0, 0.1) is 0 Å². The van der Waals surface area contributed by atoms with Crippen molar-refractivity contribution < 1.29 is 28.4 Å². The maximum Gasteiger partial charge on any atom is 0.408 e. The molecule has 0 aliphatic rings. The predicted molar refractivity (Wildman–Crippen MR) is 87.0 cm³/mol. The summed E-state index contributed by atoms with van der Waals surface area (Å²) in [5.41, 5.74) is -0.706. The molecule has 1 N–H and O–H groups in total. The number of hydrogen-bond donors (Lipinski definition) is 1. The maximum absolute atomic E-state index is 11.9. The lowest BCUT2D eigenvalue weighted by Gasteiger charge is -2.23. The standard InChI is InChI=1S/C15H27NO6S/c1-7-21-13(18)12(16-14(19)22-15(2,3)4)9-8-11(17)10-23(5,6)20/h10,12H,7-9H2,1-6H3,(H-,16,17,19,20). The predicted octanol–water partition coefficient (Wildman–Crippen LogP) is 1.18. The summed E-state index contributed by atoms with van der Waals surface area (Å²) in [6.07, 6.45) is 2.15. The molecule has 1 atom stereocenters. The fourth-order valence-corrected chi connectivity index (χ4v) is 2.35. The van der Waals surface area contributed by atoms with Gasteiger partial charge in [-0.05, 0) is 40.5 Å². The molecule has 1 unspecified atom stereocenters. The smallest absolute Gasteiger partial charge is 0.408 e. The number of amides is 1. The number of alkyl carbamates (subject to hydrolysis) is 1. The van der Waals surface area contributed by atoms with E-state index < -0.39 is 33.6 Å². The highest BCUT2D eigenvalue weighted by Gasteiger charge is 2.25. The number of rotatable bonds is 7. The van der Waals surface area contributed by atoms with Gasteiger partial charge in [-0.2, -0.15) is 0 Å². The molecule has 0 aromatic carbocycles. The van der Waals surface area contributed by atoms with E-state index in [0.717, 1.165) is 5.41 Å². The number of allylic oxidation sites excluding steroid dienone is 1. The molecule has 0 fully saturated rings. The third-order valence-electron chi connectivity index (χ3n) is 2.36. The minimum atomic E-state index is -2.30. The van der Waals surface area contributed by atoms with E-state index in [1.807, 2.05) is 0 Å². The van der Waals surface area contributed by atoms with Crippen LogP contribution in [0.2, 0.25) is 0 Å². The Morgan fingerprint density at radius 1 is 1.30 bits per heavy atom. The molecule has 0 aliphatic heterocycles. The van der Waals surface area contributed by atoms with Crippen LogP contribution in [0.5, 0.6) is 0 Å². The Hall–Kier alpha value is -1.57. The van der Waals surface area contributed by atoms with Gasteiger partial charge in [0, 0.05) is 0 Å². The quantitative estimate of drug-likeness (QED) is 0.420. The Kier molecular flexibility index (Phi) is 8.30. The van der Waals surface area contributed by atoms with E-state index in [9.17, 15) is 18.9 Å². The van der Waals surface area contributed by atoms with Crippen LogP contribution in [-0.4, -0.2) is 42.8 Å². The lowest BCUT2D eigenvalue weighted by Crippen LogP contribution is -2.44. The van der Waals surface area contributed by atoms with Gasteiger partial charge in [-0.25, -0.2) is 9.59 Å². The van der Waals surface area contributed by atoms with E-state index >= 15 is 0 Å². The molecule has 23 heavy (non-hydrogen) atoms. The summed E-state index contributed by atoms with van der Waals surface area (Å²) < 4.78 is 21.5. The average molecular weight is 349 g/mol. The topological polar surface area (TPSA) is 105 Å². The normalized spacial score (nSPS) is 14.1. The monoisotopic (exact) mass is 349 g/mol. The van der Waals surface area contributed by atoms with Gasteiger partial charge in [0.2, 0.25) is 0 Å². The number of carbonyl (C=O) groups excluding carboxylic acids is 2. The Morgan fingerprint density at radius 3 is 2.30 bits per heavy atom. The molecule has 0 heterocycles. The molecule has 0 aromatic heterocycles. The summed E-state index contributed by atoms with van der Waals surface area (Å²) in [5.74, 6) is -0.986. The molecule has 0 saturated heterocycles. The van der Waals surface area contributed by atoms with E-state index in [1.54, 1.807) is 27.7 Å². The van der Waals surface area contributed by atoms with Crippen LogP contribution in [0.15, 0.2) is 11.2 Å². The van der Waals surface area contributed by atoms with E-state index in [-0.39, 0.29) is 25.2 Å². The Labute approximate surface area is 138 Å². The summed E-state index contributed by atoms with van der Waals surface area (Å²) in [5, 5.41) is 15.3. The highest BCUT2D eigenvalue weighted by Crippen LogP contribution is 2.11. The zero-order valence-corrected chi connectivity index (χ0v) is 15.5. The fourth-order valence-electron chi connectivity index (χ4n) is 1.60. The van der Waals surface area contributed by atoms with Crippen LogP contribution in [-0.2, 0) is 28.4 Å². The van der Waals surface area contributed by atoms with Gasteiger partial charge in [0.05, 0.1) is 6.61 Å². The Bertz CT molecular complexity index is 489. The zero-order chi connectivity index (χ0) is 18.3. The number of ether oxygens (including phenoxy) is 2. The summed E-state index contributed by atoms with van der Waals surface area (Å²) in [4.78, 5) is 23.6. The molecule has 0 aromatic rings. The number of hydrogen-bond acceptors (Lipinski definition) is 6. The first-order chi connectivity index (χ1) is 10.3. The van der Waals surface area contributed by atoms with Crippen molar-refractivity contribution in [1.29, 1.82) is 0 Å². The van der Waals surface area contributed by atoms with Gasteiger partial charge in [0.25, 0.3) is 0 Å². The minimum Gasteiger partial charge on any atom is -0.873 e. The van der Waals surface area contributed by atoms with Crippen LogP contribution in [0.4, 0.5) is 4.79 Å². The molecule has 0 spiro atoms. The van der Waals surface area contributed by atoms with Gasteiger partial charge in [-0.3, -0.25) is 0 Å². The molecule has 1 amide bonds. The molecular formula is C15H27NO6S. The number of nitrogens with one attached hydrogen (secondary N) is 1. The van der Waals surface area contributed by atoms with Crippen LogP contribution >= 0.6 is 0 Å². The summed E-state index contributed by atoms with van der Waals surface area (Å²) in [6.45, 7) is 6.89. The van der Waals surface area contributed by atoms with Gasteiger partial charge in [-0.1, -0.05) is 5.76 Å². The van der Waals surface area contributed by atoms with Crippen molar-refractivity contribution in [3.05, 3.63) is 11.2 Å². The second kappa shape index (κ2) is 8.90. The molecule has 7 nitrogen and oxygen atoms in total. The van der Waals surface area contributed by atoms with E-state index in [0.29, 0.717) is 0 Å². The van der Waals surface area contributed by atoms with Crippen molar-refractivity contribution >= 4 is 22.0 Å². The first-order valence-corrected chi connectivity index (χ1v) is 9.75. The molecule has 0 rings (SSSR count). The third-order valence-corrected chi connectivity index (χ3v) is 3.19. The largest absolute Gasteiger partial charge is 0.873 e. The highest BCUT2D eigenvalue weighted by molar-refractivity contribution is 8.04. The van der Waals surface area contributed by atoms with Crippen molar-refractivity contribution in [3.8, 4) is 0 Å². The average Bonchev–Trinajstić information content (AvgIpc) is 2.30. The molecule has 8 heteroatoms. The second-order valence-electron chi connectivity index (χ2n) is 6.38. The van der Waals surface area contributed by atoms with E-state index in [4.69, 9.17) is 9.47 Å². The maximum atomic E-state index is 11.9. The lowest BCUT2D eigenvalue weighted by molar-refractivity contribution is -0.306.